The molecule has 0 radical (unpaired) electrons. The molecule has 0 saturated carbocycles. The summed E-state index contributed by atoms with van der Waals surface area (Å²) in [4.78, 5) is 0.993. The van der Waals surface area contributed by atoms with Gasteiger partial charge in [-0.05, 0) is 56.6 Å². The van der Waals surface area contributed by atoms with Gasteiger partial charge in [0.2, 0.25) is 0 Å². The molecule has 0 N–H and O–H groups in total. The molecule has 3 saturated heterocycles. The Labute approximate surface area is 576 Å². The van der Waals surface area contributed by atoms with Crippen molar-refractivity contribution in [2.45, 2.75) is 150 Å². The summed E-state index contributed by atoms with van der Waals surface area (Å²) in [6, 6.07) is 91.9. The van der Waals surface area contributed by atoms with Crippen LogP contribution in [0.15, 0.2) is 278 Å². The summed E-state index contributed by atoms with van der Waals surface area (Å²) >= 11 is 1.58. The summed E-state index contributed by atoms with van der Waals surface area (Å²) in [5, 5.41) is 0. The van der Waals surface area contributed by atoms with E-state index >= 15 is 0 Å². The molecular weight excluding hydrogens is 1240 g/mol. The monoisotopic (exact) mass is 1330 g/mol. The summed E-state index contributed by atoms with van der Waals surface area (Å²) in [5.41, 5.74) is 7.61. The molecule has 3 fully saturated rings. The molecule has 13 nitrogen and oxygen atoms in total. The van der Waals surface area contributed by atoms with Crippen LogP contribution in [0.5, 0.6) is 0 Å². The summed E-state index contributed by atoms with van der Waals surface area (Å²) in [7, 11) is 0. The van der Waals surface area contributed by atoms with Gasteiger partial charge in [-0.1, -0.05) is 286 Å². The van der Waals surface area contributed by atoms with Crippen LogP contribution in [0.3, 0.4) is 0 Å². The average Bonchev–Trinajstić information content (AvgIpc) is 1.16. The fourth-order valence-corrected chi connectivity index (χ4v) is 13.9. The summed E-state index contributed by atoms with van der Waals surface area (Å²) in [5.74, 6) is -0.597. The van der Waals surface area contributed by atoms with E-state index in [0.29, 0.717) is 39.6 Å². The van der Waals surface area contributed by atoms with Gasteiger partial charge in [-0.2, -0.15) is 0 Å². The van der Waals surface area contributed by atoms with E-state index in [9.17, 15) is 0 Å². The maximum Gasteiger partial charge on any atom is 0.163 e. The van der Waals surface area contributed by atoms with Crippen molar-refractivity contribution in [1.82, 2.24) is 0 Å². The van der Waals surface area contributed by atoms with Gasteiger partial charge in [-0.25, -0.2) is 0 Å². The molecule has 0 aromatic heterocycles. The highest BCUT2D eigenvalue weighted by molar-refractivity contribution is 7.99. The highest BCUT2D eigenvalue weighted by atomic mass is 32.2. The Morgan fingerprint density at radius 2 is 0.536 bits per heavy atom. The van der Waals surface area contributed by atoms with Crippen LogP contribution in [0.2, 0.25) is 0 Å². The quantitative estimate of drug-likeness (QED) is 0.0380. The molecular formula is C83H90O13S. The standard InChI is InChI=1S/C83H90O13S/c1-60-71(94-72(56-84-48-62-30-12-3-13-31-62)77(88-52-66-38-20-7-21-39-66)75(60)86-50-64-34-16-5-17-35-64)58-92-80-79(90-54-68-42-24-9-25-43-68)74(96-83(97-70-46-28-11-29-47-70)81(80)91-55-69-44-26-10-27-45-69)59-93-82-61(2)76(87-51-65-36-18-6-19-37-65)78(89-53-67-40-22-8-23-41-67)73(95-82)57-85-49-63-32-14-4-15-33-63/h3-47,60-61,71-83H,48-59H2,1-2H3/t60-,61?,71+,72?,73?,74?,75?,76+,77+,78-,79-,80+,81?,82+,83-/m1/s1. The average molecular weight is 1330 g/mol. The molecule has 0 amide bonds. The van der Waals surface area contributed by atoms with Crippen molar-refractivity contribution in [2.75, 3.05) is 26.4 Å². The maximum absolute atomic E-state index is 7.62. The topological polar surface area (TPSA) is 120 Å². The lowest BCUT2D eigenvalue weighted by molar-refractivity contribution is -0.316. The third-order valence-electron chi connectivity index (χ3n) is 18.1. The van der Waals surface area contributed by atoms with E-state index < -0.39 is 78.9 Å². The van der Waals surface area contributed by atoms with Gasteiger partial charge in [0.15, 0.2) is 6.29 Å². The highest BCUT2D eigenvalue weighted by Crippen LogP contribution is 2.41. The number of rotatable bonds is 34. The van der Waals surface area contributed by atoms with E-state index in [1.165, 1.54) is 0 Å². The zero-order valence-electron chi connectivity index (χ0n) is 55.3. The lowest BCUT2D eigenvalue weighted by atomic mass is 9.87. The second-order valence-electron chi connectivity index (χ2n) is 25.1. The Morgan fingerprint density at radius 3 is 0.918 bits per heavy atom. The van der Waals surface area contributed by atoms with Gasteiger partial charge in [0.25, 0.3) is 0 Å². The van der Waals surface area contributed by atoms with Gasteiger partial charge in [-0.15, -0.1) is 0 Å². The Hall–Kier alpha value is -7.19. The van der Waals surface area contributed by atoms with Crippen LogP contribution >= 0.6 is 11.8 Å². The lowest BCUT2D eigenvalue weighted by Gasteiger charge is -2.49. The van der Waals surface area contributed by atoms with Crippen molar-refractivity contribution in [2.24, 2.45) is 11.8 Å². The summed E-state index contributed by atoms with van der Waals surface area (Å²) < 4.78 is 92.7. The Bertz CT molecular complexity index is 3600. The van der Waals surface area contributed by atoms with Crippen LogP contribution in [-0.2, 0) is 114 Å². The fraction of sp³-hybridized carbons (Fsp3) is 0.349. The first-order chi connectivity index (χ1) is 47.9. The van der Waals surface area contributed by atoms with Gasteiger partial charge >= 0.3 is 0 Å². The van der Waals surface area contributed by atoms with Gasteiger partial charge in [0.1, 0.15) is 54.3 Å². The highest BCUT2D eigenvalue weighted by Gasteiger charge is 2.53. The van der Waals surface area contributed by atoms with Crippen molar-refractivity contribution in [1.29, 1.82) is 0 Å². The van der Waals surface area contributed by atoms with E-state index in [1.807, 2.05) is 164 Å². The molecule has 0 aliphatic carbocycles. The minimum absolute atomic E-state index is 0.0388. The molecule has 6 unspecified atom stereocenters. The smallest absolute Gasteiger partial charge is 0.163 e. The van der Waals surface area contributed by atoms with Crippen LogP contribution in [0, 0.1) is 11.8 Å². The third kappa shape index (κ3) is 20.5. The van der Waals surface area contributed by atoms with Crippen LogP contribution in [0.4, 0.5) is 0 Å². The van der Waals surface area contributed by atoms with Crippen molar-refractivity contribution >= 4 is 11.8 Å². The Morgan fingerprint density at radius 1 is 0.247 bits per heavy atom. The van der Waals surface area contributed by atoms with E-state index in [0.717, 1.165) is 49.4 Å². The van der Waals surface area contributed by atoms with Gasteiger partial charge in [0.05, 0.1) is 97.6 Å². The van der Waals surface area contributed by atoms with Gasteiger partial charge in [0, 0.05) is 16.7 Å². The number of benzene rings is 9. The zero-order chi connectivity index (χ0) is 66.1. The zero-order valence-corrected chi connectivity index (χ0v) is 56.2. The first-order valence-corrected chi connectivity index (χ1v) is 34.9. The van der Waals surface area contributed by atoms with Gasteiger partial charge in [-0.3, -0.25) is 0 Å². The fourth-order valence-electron chi connectivity index (χ4n) is 12.8. The molecule has 506 valence electrons. The predicted octanol–water partition coefficient (Wildman–Crippen LogP) is 15.6. The van der Waals surface area contributed by atoms with Crippen molar-refractivity contribution in [3.63, 3.8) is 0 Å². The van der Waals surface area contributed by atoms with Crippen LogP contribution < -0.4 is 0 Å². The number of hydrogen-bond acceptors (Lipinski definition) is 14. The first-order valence-electron chi connectivity index (χ1n) is 34.0. The second-order valence-corrected chi connectivity index (χ2v) is 26.3. The normalized spacial score (nSPS) is 25.7. The van der Waals surface area contributed by atoms with E-state index in [2.05, 4.69) is 123 Å². The molecule has 0 bridgehead atoms. The molecule has 97 heavy (non-hydrogen) atoms. The molecule has 15 atom stereocenters. The van der Waals surface area contributed by atoms with Gasteiger partial charge < -0.3 is 61.6 Å². The Kier molecular flexibility index (Phi) is 26.7. The van der Waals surface area contributed by atoms with Crippen molar-refractivity contribution in [3.05, 3.63) is 317 Å². The molecule has 3 aliphatic heterocycles. The predicted molar refractivity (Wildman–Crippen MR) is 375 cm³/mol. The maximum atomic E-state index is 7.62. The second kappa shape index (κ2) is 37.1. The van der Waals surface area contributed by atoms with Crippen molar-refractivity contribution < 1.29 is 61.6 Å². The molecule has 0 spiro atoms. The SMILES string of the molecule is CC1[C@@H](OCC2O[C@H](Sc3ccccc3)C(OCc3ccccc3)[C@@H](OC[C@@H]3OC(COCc4ccccc4)[C@H](OCc4ccccc4)C(OCc4ccccc4)[C@@H]3C)[C@@H]2OCc2ccccc2)OC(COCc2ccccc2)[C@@H](OCc2ccccc2)[C@H]1OCc1ccccc1. The molecule has 3 heterocycles. The molecule has 3 aliphatic rings. The van der Waals surface area contributed by atoms with E-state index in [4.69, 9.17) is 61.6 Å². The van der Waals surface area contributed by atoms with Crippen molar-refractivity contribution in [3.8, 4) is 0 Å². The summed E-state index contributed by atoms with van der Waals surface area (Å²) in [6.45, 7) is 7.59. The molecule has 9 aromatic carbocycles. The van der Waals surface area contributed by atoms with E-state index in [-0.39, 0.29) is 51.5 Å². The largest absolute Gasteiger partial charge is 0.374 e. The first kappa shape index (κ1) is 69.7. The number of hydrogen-bond donors (Lipinski definition) is 0. The minimum Gasteiger partial charge on any atom is -0.374 e. The summed E-state index contributed by atoms with van der Waals surface area (Å²) in [6.07, 6.45) is -7.47. The molecule has 12 rings (SSSR count). The third-order valence-corrected chi connectivity index (χ3v) is 19.2. The minimum atomic E-state index is -0.810. The molecule has 14 heteroatoms. The van der Waals surface area contributed by atoms with Crippen LogP contribution in [0.25, 0.3) is 0 Å². The van der Waals surface area contributed by atoms with E-state index in [1.54, 1.807) is 11.8 Å². The Balaban J connectivity index is 0.882. The molecule has 9 aromatic rings. The van der Waals surface area contributed by atoms with Crippen LogP contribution in [0.1, 0.15) is 58.4 Å². The number of thioether (sulfide) groups is 1. The lowest BCUT2D eigenvalue weighted by Crippen LogP contribution is -2.62. The van der Waals surface area contributed by atoms with Crippen LogP contribution in [-0.4, -0.2) is 105 Å². The number of ether oxygens (including phenoxy) is 13.